The second kappa shape index (κ2) is 9.62. The van der Waals surface area contributed by atoms with Gasteiger partial charge in [0.25, 0.3) is 0 Å². The molecule has 164 valence electrons. The van der Waals surface area contributed by atoms with Crippen molar-refractivity contribution in [3.8, 4) is 5.88 Å². The number of aromatic nitrogens is 2. The monoisotopic (exact) mass is 415 g/mol. The van der Waals surface area contributed by atoms with Gasteiger partial charge in [-0.05, 0) is 50.0 Å². The van der Waals surface area contributed by atoms with Crippen LogP contribution in [0, 0.1) is 17.8 Å². The van der Waals surface area contributed by atoms with Crippen LogP contribution in [0.15, 0.2) is 12.1 Å². The fourth-order valence-electron chi connectivity index (χ4n) is 4.37. The van der Waals surface area contributed by atoms with Crippen LogP contribution in [-0.2, 0) is 4.79 Å². The summed E-state index contributed by atoms with van der Waals surface area (Å²) in [4.78, 5) is 28.7. The van der Waals surface area contributed by atoms with Gasteiger partial charge in [0.05, 0.1) is 0 Å². The third kappa shape index (κ3) is 5.61. The highest BCUT2D eigenvalue weighted by Crippen LogP contribution is 2.32. The van der Waals surface area contributed by atoms with E-state index in [1.165, 1.54) is 25.7 Å². The molecule has 0 bridgehead atoms. The molecule has 3 fully saturated rings. The lowest BCUT2D eigenvalue weighted by molar-refractivity contribution is -0.137. The fourth-order valence-corrected chi connectivity index (χ4v) is 4.37. The van der Waals surface area contributed by atoms with E-state index in [1.807, 2.05) is 11.0 Å². The standard InChI is InChI=1S/C22H33N5O3/c1-16-2-6-18(7-3-16)21(28)27-14-12-26(13-15-27)19-8-9-20(25-24-19)30-22(29)23-11-10-17-4-5-17/h8-9,16-18H,2-7,10-15H2,1H3,(H,23,29). The summed E-state index contributed by atoms with van der Waals surface area (Å²) in [5, 5.41) is 11.0. The van der Waals surface area contributed by atoms with Crippen molar-refractivity contribution in [2.75, 3.05) is 37.6 Å². The molecule has 2 saturated carbocycles. The number of hydrogen-bond donors (Lipinski definition) is 1. The molecule has 2 aliphatic carbocycles. The van der Waals surface area contributed by atoms with E-state index in [4.69, 9.17) is 4.74 Å². The molecule has 0 aromatic carbocycles. The maximum Gasteiger partial charge on any atom is 0.413 e. The van der Waals surface area contributed by atoms with E-state index in [2.05, 4.69) is 27.3 Å². The van der Waals surface area contributed by atoms with Gasteiger partial charge in [-0.15, -0.1) is 10.2 Å². The van der Waals surface area contributed by atoms with Gasteiger partial charge in [0, 0.05) is 44.7 Å². The summed E-state index contributed by atoms with van der Waals surface area (Å²) in [5.41, 5.74) is 0. The Kier molecular flexibility index (Phi) is 6.69. The first-order valence-electron chi connectivity index (χ1n) is 11.4. The Hall–Kier alpha value is -2.38. The summed E-state index contributed by atoms with van der Waals surface area (Å²) in [7, 11) is 0. The molecular formula is C22H33N5O3. The quantitative estimate of drug-likeness (QED) is 0.769. The first kappa shape index (κ1) is 20.9. The van der Waals surface area contributed by atoms with Crippen LogP contribution < -0.4 is 15.0 Å². The molecule has 8 nitrogen and oxygen atoms in total. The first-order valence-corrected chi connectivity index (χ1v) is 11.4. The van der Waals surface area contributed by atoms with Crippen LogP contribution >= 0.6 is 0 Å². The maximum atomic E-state index is 12.8. The zero-order valence-corrected chi connectivity index (χ0v) is 17.9. The van der Waals surface area contributed by atoms with E-state index >= 15 is 0 Å². The van der Waals surface area contributed by atoms with Crippen molar-refractivity contribution in [1.82, 2.24) is 20.4 Å². The van der Waals surface area contributed by atoms with E-state index in [0.29, 0.717) is 25.5 Å². The molecule has 1 aromatic heterocycles. The fraction of sp³-hybridized carbons (Fsp3) is 0.727. The number of ether oxygens (including phenoxy) is 1. The molecule has 1 N–H and O–H groups in total. The van der Waals surface area contributed by atoms with Gasteiger partial charge in [-0.1, -0.05) is 19.8 Å². The van der Waals surface area contributed by atoms with E-state index in [-0.39, 0.29) is 11.8 Å². The van der Waals surface area contributed by atoms with Crippen molar-refractivity contribution in [2.24, 2.45) is 17.8 Å². The van der Waals surface area contributed by atoms with E-state index in [9.17, 15) is 9.59 Å². The van der Waals surface area contributed by atoms with Gasteiger partial charge >= 0.3 is 6.09 Å². The van der Waals surface area contributed by atoms with Crippen LogP contribution in [0.5, 0.6) is 5.88 Å². The van der Waals surface area contributed by atoms with Gasteiger partial charge in [0.2, 0.25) is 11.8 Å². The van der Waals surface area contributed by atoms with Crippen LogP contribution in [0.1, 0.15) is 51.9 Å². The van der Waals surface area contributed by atoms with E-state index in [1.54, 1.807) is 6.07 Å². The molecule has 3 aliphatic rings. The molecule has 2 amide bonds. The molecule has 1 aliphatic heterocycles. The largest absolute Gasteiger partial charge is 0.413 e. The van der Waals surface area contributed by atoms with Crippen LogP contribution in [0.25, 0.3) is 0 Å². The van der Waals surface area contributed by atoms with Crippen LogP contribution in [0.2, 0.25) is 0 Å². The molecule has 4 rings (SSSR count). The lowest BCUT2D eigenvalue weighted by atomic mass is 9.82. The predicted octanol–water partition coefficient (Wildman–Crippen LogP) is 2.84. The normalized spacial score (nSPS) is 24.4. The Labute approximate surface area is 178 Å². The summed E-state index contributed by atoms with van der Waals surface area (Å²) in [5.74, 6) is 3.00. The van der Waals surface area contributed by atoms with Crippen molar-refractivity contribution < 1.29 is 14.3 Å². The van der Waals surface area contributed by atoms with Crippen molar-refractivity contribution in [2.45, 2.75) is 51.9 Å². The maximum absolute atomic E-state index is 12.8. The molecular weight excluding hydrogens is 382 g/mol. The number of anilines is 1. The smallest absolute Gasteiger partial charge is 0.390 e. The first-order chi connectivity index (χ1) is 14.6. The van der Waals surface area contributed by atoms with Crippen LogP contribution in [-0.4, -0.2) is 59.8 Å². The molecule has 30 heavy (non-hydrogen) atoms. The average molecular weight is 416 g/mol. The summed E-state index contributed by atoms with van der Waals surface area (Å²) in [6, 6.07) is 3.49. The SMILES string of the molecule is CC1CCC(C(=O)N2CCN(c3ccc(OC(=O)NCCC4CC4)nn3)CC2)CC1. The number of nitrogens with one attached hydrogen (secondary N) is 1. The predicted molar refractivity (Wildman–Crippen MR) is 113 cm³/mol. The van der Waals surface area contributed by atoms with Crippen molar-refractivity contribution in [3.05, 3.63) is 12.1 Å². The van der Waals surface area contributed by atoms with Crippen molar-refractivity contribution >= 4 is 17.8 Å². The Morgan fingerprint density at radius 2 is 1.77 bits per heavy atom. The lowest BCUT2D eigenvalue weighted by Crippen LogP contribution is -2.51. The van der Waals surface area contributed by atoms with Gasteiger partial charge in [0.1, 0.15) is 0 Å². The summed E-state index contributed by atoms with van der Waals surface area (Å²) in [6.45, 7) is 5.83. The minimum Gasteiger partial charge on any atom is -0.390 e. The van der Waals surface area contributed by atoms with E-state index in [0.717, 1.165) is 50.0 Å². The van der Waals surface area contributed by atoms with Crippen LogP contribution in [0.3, 0.4) is 0 Å². The minimum atomic E-state index is -0.484. The van der Waals surface area contributed by atoms with Crippen molar-refractivity contribution in [3.63, 3.8) is 0 Å². The second-order valence-corrected chi connectivity index (χ2v) is 9.05. The highest BCUT2D eigenvalue weighted by Gasteiger charge is 2.30. The minimum absolute atomic E-state index is 0.197. The van der Waals surface area contributed by atoms with Crippen molar-refractivity contribution in [1.29, 1.82) is 0 Å². The molecule has 0 unspecified atom stereocenters. The van der Waals surface area contributed by atoms with Gasteiger partial charge in [-0.3, -0.25) is 4.79 Å². The molecule has 0 spiro atoms. The van der Waals surface area contributed by atoms with Gasteiger partial charge in [0.15, 0.2) is 5.82 Å². The number of carbonyl (C=O) groups is 2. The molecule has 2 heterocycles. The summed E-state index contributed by atoms with van der Waals surface area (Å²) in [6.07, 6.45) is 7.45. The number of hydrogen-bond acceptors (Lipinski definition) is 6. The van der Waals surface area contributed by atoms with Gasteiger partial charge < -0.3 is 19.9 Å². The number of piperazine rings is 1. The Morgan fingerprint density at radius 3 is 2.40 bits per heavy atom. The molecule has 1 saturated heterocycles. The Morgan fingerprint density at radius 1 is 1.03 bits per heavy atom. The Bertz CT molecular complexity index is 721. The zero-order chi connectivity index (χ0) is 20.9. The highest BCUT2D eigenvalue weighted by molar-refractivity contribution is 5.79. The summed E-state index contributed by atoms with van der Waals surface area (Å²) < 4.78 is 5.19. The third-order valence-electron chi connectivity index (χ3n) is 6.62. The average Bonchev–Trinajstić information content (AvgIpc) is 3.59. The second-order valence-electron chi connectivity index (χ2n) is 9.05. The topological polar surface area (TPSA) is 87.7 Å². The van der Waals surface area contributed by atoms with E-state index < -0.39 is 6.09 Å². The molecule has 1 aromatic rings. The van der Waals surface area contributed by atoms with Gasteiger partial charge in [-0.2, -0.15) is 0 Å². The molecule has 8 heteroatoms. The highest BCUT2D eigenvalue weighted by atomic mass is 16.6. The number of amides is 2. The Balaban J connectivity index is 1.20. The number of rotatable bonds is 6. The third-order valence-corrected chi connectivity index (χ3v) is 6.62. The van der Waals surface area contributed by atoms with Gasteiger partial charge in [-0.25, -0.2) is 4.79 Å². The molecule has 0 radical (unpaired) electrons. The molecule has 0 atom stereocenters. The summed E-state index contributed by atoms with van der Waals surface area (Å²) >= 11 is 0. The number of nitrogens with zero attached hydrogens (tertiary/aromatic N) is 4. The van der Waals surface area contributed by atoms with Crippen LogP contribution in [0.4, 0.5) is 10.6 Å². The zero-order valence-electron chi connectivity index (χ0n) is 17.9. The lowest BCUT2D eigenvalue weighted by Gasteiger charge is -2.38. The number of carbonyl (C=O) groups excluding carboxylic acids is 2.